The highest BCUT2D eigenvalue weighted by atomic mass is 28.3. The van der Waals surface area contributed by atoms with Crippen molar-refractivity contribution in [1.29, 1.82) is 0 Å². The van der Waals surface area contributed by atoms with E-state index in [1.54, 1.807) is 19.3 Å². The minimum atomic E-state index is -1.09. The standard InChI is InChI=1S/C17H23NO2Si/c1-13-15(9-11-20-13)17(19)18-16-8-6-5-7-14(16)10-12-21(2,3)4/h5-9,11H,10,12H2,1-4H3,(H,18,19). The molecule has 0 unspecified atom stereocenters. The summed E-state index contributed by atoms with van der Waals surface area (Å²) in [5, 5.41) is 3.01. The topological polar surface area (TPSA) is 42.2 Å². The number of carbonyl (C=O) groups is 1. The van der Waals surface area contributed by atoms with Crippen LogP contribution in [0.2, 0.25) is 25.7 Å². The fraction of sp³-hybridized carbons (Fsp3) is 0.353. The molecule has 2 rings (SSSR count). The lowest BCUT2D eigenvalue weighted by molar-refractivity contribution is 0.102. The van der Waals surface area contributed by atoms with Crippen LogP contribution in [0.1, 0.15) is 21.7 Å². The van der Waals surface area contributed by atoms with Crippen LogP contribution >= 0.6 is 0 Å². The van der Waals surface area contributed by atoms with Gasteiger partial charge in [-0.2, -0.15) is 0 Å². The van der Waals surface area contributed by atoms with Crippen molar-refractivity contribution in [1.82, 2.24) is 0 Å². The normalized spacial score (nSPS) is 11.4. The van der Waals surface area contributed by atoms with Crippen LogP contribution in [-0.4, -0.2) is 14.0 Å². The molecule has 1 heterocycles. The second-order valence-corrected chi connectivity index (χ2v) is 12.2. The number of rotatable bonds is 5. The first-order valence-corrected chi connectivity index (χ1v) is 11.0. The number of furan rings is 1. The second-order valence-electron chi connectivity index (χ2n) is 6.56. The van der Waals surface area contributed by atoms with Gasteiger partial charge in [-0.25, -0.2) is 0 Å². The van der Waals surface area contributed by atoms with Gasteiger partial charge in [0.1, 0.15) is 5.76 Å². The van der Waals surface area contributed by atoms with Crippen molar-refractivity contribution in [3.63, 3.8) is 0 Å². The summed E-state index contributed by atoms with van der Waals surface area (Å²) in [7, 11) is -1.09. The van der Waals surface area contributed by atoms with Gasteiger partial charge in [-0.05, 0) is 31.0 Å². The molecule has 0 aliphatic carbocycles. The molecule has 4 heteroatoms. The number of aryl methyl sites for hydroxylation is 2. The molecule has 1 aromatic heterocycles. The van der Waals surface area contributed by atoms with E-state index in [0.29, 0.717) is 11.3 Å². The first-order valence-electron chi connectivity index (χ1n) is 7.30. The second kappa shape index (κ2) is 6.31. The van der Waals surface area contributed by atoms with E-state index in [1.165, 1.54) is 11.6 Å². The first kappa shape index (κ1) is 15.6. The van der Waals surface area contributed by atoms with Crippen molar-refractivity contribution >= 4 is 19.7 Å². The Hall–Kier alpha value is -1.81. The molecule has 0 fully saturated rings. The van der Waals surface area contributed by atoms with Crippen LogP contribution in [0.3, 0.4) is 0 Å². The Labute approximate surface area is 127 Å². The smallest absolute Gasteiger partial charge is 0.259 e. The molecule has 0 aliphatic rings. The molecule has 0 bridgehead atoms. The minimum Gasteiger partial charge on any atom is -0.469 e. The average molecular weight is 301 g/mol. The Morgan fingerprint density at radius 2 is 1.90 bits per heavy atom. The third-order valence-corrected chi connectivity index (χ3v) is 5.26. The summed E-state index contributed by atoms with van der Waals surface area (Å²) in [5.74, 6) is 0.536. The number of para-hydroxylation sites is 1. The molecular formula is C17H23NO2Si. The van der Waals surface area contributed by atoms with Gasteiger partial charge in [0, 0.05) is 13.8 Å². The maximum Gasteiger partial charge on any atom is 0.259 e. The molecule has 2 aromatic rings. The molecule has 0 aliphatic heterocycles. The Morgan fingerprint density at radius 1 is 1.19 bits per heavy atom. The van der Waals surface area contributed by atoms with Gasteiger partial charge >= 0.3 is 0 Å². The highest BCUT2D eigenvalue weighted by molar-refractivity contribution is 6.76. The summed E-state index contributed by atoms with van der Waals surface area (Å²) in [4.78, 5) is 12.3. The Bertz CT molecular complexity index is 626. The maximum atomic E-state index is 12.3. The Morgan fingerprint density at radius 3 is 2.52 bits per heavy atom. The van der Waals surface area contributed by atoms with Gasteiger partial charge in [-0.3, -0.25) is 4.79 Å². The van der Waals surface area contributed by atoms with E-state index in [-0.39, 0.29) is 5.91 Å². The largest absolute Gasteiger partial charge is 0.469 e. The van der Waals surface area contributed by atoms with Crippen LogP contribution in [0.15, 0.2) is 41.0 Å². The van der Waals surface area contributed by atoms with Gasteiger partial charge in [0.25, 0.3) is 5.91 Å². The summed E-state index contributed by atoms with van der Waals surface area (Å²) in [6.45, 7) is 8.89. The van der Waals surface area contributed by atoms with Gasteiger partial charge in [-0.1, -0.05) is 43.9 Å². The quantitative estimate of drug-likeness (QED) is 0.812. The van der Waals surface area contributed by atoms with Crippen LogP contribution in [0.5, 0.6) is 0 Å². The summed E-state index contributed by atoms with van der Waals surface area (Å²) >= 11 is 0. The van der Waals surface area contributed by atoms with Crippen LogP contribution in [-0.2, 0) is 6.42 Å². The molecule has 1 amide bonds. The van der Waals surface area contributed by atoms with Crippen LogP contribution in [0.25, 0.3) is 0 Å². The van der Waals surface area contributed by atoms with Gasteiger partial charge in [0.15, 0.2) is 0 Å². The third kappa shape index (κ3) is 4.33. The molecule has 21 heavy (non-hydrogen) atoms. The third-order valence-electron chi connectivity index (χ3n) is 3.51. The number of amides is 1. The molecule has 3 nitrogen and oxygen atoms in total. The van der Waals surface area contributed by atoms with E-state index in [1.807, 2.05) is 18.2 Å². The molecule has 112 valence electrons. The number of benzene rings is 1. The Kier molecular flexibility index (Phi) is 4.68. The molecule has 1 N–H and O–H groups in total. The predicted molar refractivity (Wildman–Crippen MR) is 89.7 cm³/mol. The summed E-state index contributed by atoms with van der Waals surface area (Å²) in [6.07, 6.45) is 2.55. The molecule has 0 spiro atoms. The number of nitrogens with one attached hydrogen (secondary N) is 1. The van der Waals surface area contributed by atoms with Crippen molar-refractivity contribution in [2.75, 3.05) is 5.32 Å². The van der Waals surface area contributed by atoms with E-state index in [9.17, 15) is 4.79 Å². The van der Waals surface area contributed by atoms with E-state index >= 15 is 0 Å². The Balaban J connectivity index is 2.13. The first-order chi connectivity index (χ1) is 9.87. The molecule has 0 saturated heterocycles. The number of anilines is 1. The molecule has 0 radical (unpaired) electrons. The van der Waals surface area contributed by atoms with E-state index < -0.39 is 8.07 Å². The van der Waals surface area contributed by atoms with Crippen molar-refractivity contribution < 1.29 is 9.21 Å². The molecule has 0 saturated carbocycles. The van der Waals surface area contributed by atoms with Gasteiger partial charge < -0.3 is 9.73 Å². The van der Waals surface area contributed by atoms with Crippen molar-refractivity contribution in [3.05, 3.63) is 53.5 Å². The lowest BCUT2D eigenvalue weighted by Gasteiger charge is -2.17. The lowest BCUT2D eigenvalue weighted by atomic mass is 10.1. The lowest BCUT2D eigenvalue weighted by Crippen LogP contribution is -2.20. The van der Waals surface area contributed by atoms with Crippen LogP contribution in [0, 0.1) is 6.92 Å². The highest BCUT2D eigenvalue weighted by Crippen LogP contribution is 2.22. The summed E-state index contributed by atoms with van der Waals surface area (Å²) < 4.78 is 5.19. The van der Waals surface area contributed by atoms with Gasteiger partial charge in [-0.15, -0.1) is 0 Å². The maximum absolute atomic E-state index is 12.3. The predicted octanol–water partition coefficient (Wildman–Crippen LogP) is 4.72. The zero-order valence-corrected chi connectivity index (χ0v) is 14.2. The average Bonchev–Trinajstić information content (AvgIpc) is 2.83. The van der Waals surface area contributed by atoms with E-state index in [4.69, 9.17) is 4.42 Å². The summed E-state index contributed by atoms with van der Waals surface area (Å²) in [5.41, 5.74) is 2.70. The fourth-order valence-electron chi connectivity index (χ4n) is 2.18. The van der Waals surface area contributed by atoms with E-state index in [2.05, 4.69) is 31.0 Å². The number of hydrogen-bond acceptors (Lipinski definition) is 2. The van der Waals surface area contributed by atoms with Crippen molar-refractivity contribution in [2.45, 2.75) is 39.0 Å². The minimum absolute atomic E-state index is 0.110. The van der Waals surface area contributed by atoms with Gasteiger partial charge in [0.05, 0.1) is 11.8 Å². The zero-order chi connectivity index (χ0) is 15.5. The van der Waals surface area contributed by atoms with E-state index in [0.717, 1.165) is 12.1 Å². The molecular weight excluding hydrogens is 278 g/mol. The zero-order valence-electron chi connectivity index (χ0n) is 13.2. The molecule has 1 aromatic carbocycles. The van der Waals surface area contributed by atoms with Crippen molar-refractivity contribution in [2.24, 2.45) is 0 Å². The monoisotopic (exact) mass is 301 g/mol. The van der Waals surface area contributed by atoms with Gasteiger partial charge in [0.2, 0.25) is 0 Å². The highest BCUT2D eigenvalue weighted by Gasteiger charge is 2.16. The number of hydrogen-bond donors (Lipinski definition) is 1. The number of carbonyl (C=O) groups excluding carboxylic acids is 1. The summed E-state index contributed by atoms with van der Waals surface area (Å²) in [6, 6.07) is 11.0. The van der Waals surface area contributed by atoms with Crippen molar-refractivity contribution in [3.8, 4) is 0 Å². The fourth-order valence-corrected chi connectivity index (χ4v) is 3.20. The molecule has 0 atom stereocenters. The SMILES string of the molecule is Cc1occc1C(=O)Nc1ccccc1CC[Si](C)(C)C. The van der Waals surface area contributed by atoms with Crippen LogP contribution < -0.4 is 5.32 Å². The van der Waals surface area contributed by atoms with Crippen LogP contribution in [0.4, 0.5) is 5.69 Å².